The molecule has 0 saturated carbocycles. The number of halogens is 1. The first-order valence-corrected chi connectivity index (χ1v) is 7.29. The van der Waals surface area contributed by atoms with Crippen LogP contribution in [0.25, 0.3) is 0 Å². The van der Waals surface area contributed by atoms with Gasteiger partial charge < -0.3 is 4.90 Å². The highest BCUT2D eigenvalue weighted by atomic mass is 79.9. The molecule has 1 amide bonds. The van der Waals surface area contributed by atoms with Crippen LogP contribution in [0.15, 0.2) is 17.5 Å². The van der Waals surface area contributed by atoms with E-state index >= 15 is 0 Å². The largest absolute Gasteiger partial charge is 0.342 e. The van der Waals surface area contributed by atoms with Gasteiger partial charge in [-0.3, -0.25) is 4.79 Å². The monoisotopic (exact) mass is 303 g/mol. The lowest BCUT2D eigenvalue weighted by molar-refractivity contribution is -0.130. The summed E-state index contributed by atoms with van der Waals surface area (Å²) in [6.07, 6.45) is 1.76. The molecule has 0 aromatic carbocycles. The summed E-state index contributed by atoms with van der Waals surface area (Å²) in [7, 11) is 1.88. The lowest BCUT2D eigenvalue weighted by Crippen LogP contribution is -2.40. The highest BCUT2D eigenvalue weighted by Crippen LogP contribution is 2.16. The molecule has 2 atom stereocenters. The maximum atomic E-state index is 11.9. The predicted molar refractivity (Wildman–Crippen MR) is 73.3 cm³/mol. The molecule has 0 aliphatic carbocycles. The number of carbonyl (C=O) groups is 1. The highest BCUT2D eigenvalue weighted by molar-refractivity contribution is 9.10. The third kappa shape index (κ3) is 3.59. The Bertz CT molecular complexity index is 326. The Morgan fingerprint density at radius 3 is 2.81 bits per heavy atom. The van der Waals surface area contributed by atoms with Gasteiger partial charge in [-0.15, -0.1) is 11.3 Å². The molecule has 0 bridgehead atoms. The molecule has 1 aromatic rings. The van der Waals surface area contributed by atoms with Crippen LogP contribution in [0, 0.1) is 0 Å². The van der Waals surface area contributed by atoms with Crippen molar-refractivity contribution in [1.29, 1.82) is 0 Å². The molecule has 1 aromatic heterocycles. The van der Waals surface area contributed by atoms with Crippen LogP contribution in [-0.4, -0.2) is 28.7 Å². The molecule has 0 radical (unpaired) electrons. The number of rotatable bonds is 5. The van der Waals surface area contributed by atoms with Gasteiger partial charge >= 0.3 is 0 Å². The van der Waals surface area contributed by atoms with E-state index in [1.165, 1.54) is 4.88 Å². The summed E-state index contributed by atoms with van der Waals surface area (Å²) in [5, 5.41) is 2.07. The molecule has 1 heterocycles. The standard InChI is InChI=1S/C12H18BrNOS/c1-4-11(13)12(15)14(3)9(2)8-10-6-5-7-16-10/h5-7,9,11H,4,8H2,1-3H3. The molecule has 0 spiro atoms. The van der Waals surface area contributed by atoms with Gasteiger partial charge in [0.2, 0.25) is 5.91 Å². The molecule has 2 nitrogen and oxygen atoms in total. The zero-order chi connectivity index (χ0) is 12.1. The minimum absolute atomic E-state index is 0.0525. The first kappa shape index (κ1) is 13.7. The average molecular weight is 304 g/mol. The van der Waals surface area contributed by atoms with Crippen molar-refractivity contribution in [1.82, 2.24) is 4.90 Å². The highest BCUT2D eigenvalue weighted by Gasteiger charge is 2.21. The Kier molecular flexibility index (Phi) is 5.49. The number of nitrogens with zero attached hydrogens (tertiary/aromatic N) is 1. The summed E-state index contributed by atoms with van der Waals surface area (Å²) in [6.45, 7) is 4.10. The number of amides is 1. The van der Waals surface area contributed by atoms with Crippen LogP contribution in [0.1, 0.15) is 25.1 Å². The van der Waals surface area contributed by atoms with Crippen molar-refractivity contribution in [3.05, 3.63) is 22.4 Å². The van der Waals surface area contributed by atoms with E-state index in [4.69, 9.17) is 0 Å². The second-order valence-electron chi connectivity index (χ2n) is 3.96. The van der Waals surface area contributed by atoms with Crippen molar-refractivity contribution in [2.75, 3.05) is 7.05 Å². The molecule has 0 fully saturated rings. The molecule has 2 unspecified atom stereocenters. The fraction of sp³-hybridized carbons (Fsp3) is 0.583. The quantitative estimate of drug-likeness (QED) is 0.764. The topological polar surface area (TPSA) is 20.3 Å². The van der Waals surface area contributed by atoms with E-state index in [-0.39, 0.29) is 16.8 Å². The third-order valence-corrected chi connectivity index (χ3v) is 4.65. The molecule has 90 valence electrons. The van der Waals surface area contributed by atoms with Crippen LogP contribution < -0.4 is 0 Å². The van der Waals surface area contributed by atoms with Crippen LogP contribution in [0.4, 0.5) is 0 Å². The van der Waals surface area contributed by atoms with Gasteiger partial charge in [0, 0.05) is 24.4 Å². The molecule has 4 heteroatoms. The summed E-state index contributed by atoms with van der Waals surface area (Å²) in [5.41, 5.74) is 0. The van der Waals surface area contributed by atoms with Gasteiger partial charge in [0.05, 0.1) is 4.83 Å². The lowest BCUT2D eigenvalue weighted by Gasteiger charge is -2.26. The van der Waals surface area contributed by atoms with Gasteiger partial charge in [0.25, 0.3) is 0 Å². The maximum absolute atomic E-state index is 11.9. The van der Waals surface area contributed by atoms with Crippen molar-refractivity contribution >= 4 is 33.2 Å². The average Bonchev–Trinajstić information content (AvgIpc) is 2.78. The van der Waals surface area contributed by atoms with Gasteiger partial charge in [-0.1, -0.05) is 28.9 Å². The van der Waals surface area contributed by atoms with Crippen LogP contribution in [0.2, 0.25) is 0 Å². The van der Waals surface area contributed by atoms with Gasteiger partial charge in [0.15, 0.2) is 0 Å². The van der Waals surface area contributed by atoms with E-state index in [0.717, 1.165) is 12.8 Å². The number of likely N-dealkylation sites (N-methyl/N-ethyl adjacent to an activating group) is 1. The summed E-state index contributed by atoms with van der Waals surface area (Å²) >= 11 is 5.15. The second-order valence-corrected chi connectivity index (χ2v) is 6.09. The third-order valence-electron chi connectivity index (χ3n) is 2.71. The van der Waals surface area contributed by atoms with Crippen molar-refractivity contribution in [3.8, 4) is 0 Å². The van der Waals surface area contributed by atoms with E-state index in [0.29, 0.717) is 0 Å². The van der Waals surface area contributed by atoms with E-state index in [1.54, 1.807) is 11.3 Å². The van der Waals surface area contributed by atoms with Gasteiger partial charge in [-0.2, -0.15) is 0 Å². The van der Waals surface area contributed by atoms with Crippen molar-refractivity contribution in [2.24, 2.45) is 0 Å². The summed E-state index contributed by atoms with van der Waals surface area (Å²) < 4.78 is 0. The smallest absolute Gasteiger partial charge is 0.236 e. The SMILES string of the molecule is CCC(Br)C(=O)N(C)C(C)Cc1cccs1. The Morgan fingerprint density at radius 2 is 2.31 bits per heavy atom. The Labute approximate surface area is 110 Å². The number of hydrogen-bond donors (Lipinski definition) is 0. The molecule has 0 aliphatic heterocycles. The second kappa shape index (κ2) is 6.40. The normalized spacial score (nSPS) is 14.5. The summed E-state index contributed by atoms with van der Waals surface area (Å²) in [5.74, 6) is 0.173. The number of carbonyl (C=O) groups excluding carboxylic acids is 1. The van der Waals surface area contributed by atoms with Crippen LogP contribution in [-0.2, 0) is 11.2 Å². The van der Waals surface area contributed by atoms with E-state index in [9.17, 15) is 4.79 Å². The maximum Gasteiger partial charge on any atom is 0.236 e. The first-order chi connectivity index (χ1) is 7.56. The number of hydrogen-bond acceptors (Lipinski definition) is 2. The van der Waals surface area contributed by atoms with Crippen LogP contribution in [0.3, 0.4) is 0 Å². The number of thiophene rings is 1. The predicted octanol–water partition coefficient (Wildman–Crippen LogP) is 3.31. The molecular formula is C12H18BrNOS. The fourth-order valence-corrected chi connectivity index (χ4v) is 2.62. The minimum Gasteiger partial charge on any atom is -0.342 e. The van der Waals surface area contributed by atoms with Crippen LogP contribution in [0.5, 0.6) is 0 Å². The molecule has 0 N–H and O–H groups in total. The van der Waals surface area contributed by atoms with Gasteiger partial charge in [0.1, 0.15) is 0 Å². The van der Waals surface area contributed by atoms with E-state index in [2.05, 4.69) is 34.3 Å². The molecule has 0 saturated heterocycles. The fourth-order valence-electron chi connectivity index (χ4n) is 1.47. The Balaban J connectivity index is 2.53. The van der Waals surface area contributed by atoms with Gasteiger partial charge in [-0.05, 0) is 24.8 Å². The zero-order valence-electron chi connectivity index (χ0n) is 9.94. The molecule has 16 heavy (non-hydrogen) atoms. The molecular weight excluding hydrogens is 286 g/mol. The summed E-state index contributed by atoms with van der Waals surface area (Å²) in [4.78, 5) is 15.0. The Morgan fingerprint density at radius 1 is 1.62 bits per heavy atom. The number of alkyl halides is 1. The molecule has 0 aliphatic rings. The van der Waals surface area contributed by atoms with E-state index < -0.39 is 0 Å². The van der Waals surface area contributed by atoms with E-state index in [1.807, 2.05) is 24.9 Å². The van der Waals surface area contributed by atoms with Crippen molar-refractivity contribution in [3.63, 3.8) is 0 Å². The summed E-state index contributed by atoms with van der Waals surface area (Å²) in [6, 6.07) is 4.41. The first-order valence-electron chi connectivity index (χ1n) is 5.49. The van der Waals surface area contributed by atoms with Gasteiger partial charge in [-0.25, -0.2) is 0 Å². The lowest BCUT2D eigenvalue weighted by atomic mass is 10.1. The minimum atomic E-state index is -0.0525. The van der Waals surface area contributed by atoms with Crippen molar-refractivity contribution in [2.45, 2.75) is 37.6 Å². The zero-order valence-corrected chi connectivity index (χ0v) is 12.3. The van der Waals surface area contributed by atoms with Crippen molar-refractivity contribution < 1.29 is 4.79 Å². The Hall–Kier alpha value is -0.350. The van der Waals surface area contributed by atoms with Crippen LogP contribution >= 0.6 is 27.3 Å². The molecule has 1 rings (SSSR count).